The van der Waals surface area contributed by atoms with E-state index in [0.717, 1.165) is 19.4 Å². The zero-order valence-corrected chi connectivity index (χ0v) is 8.50. The Hall–Kier alpha value is -0.770. The van der Waals surface area contributed by atoms with Gasteiger partial charge in [0.25, 0.3) is 0 Å². The van der Waals surface area contributed by atoms with E-state index in [1.807, 2.05) is 0 Å². The number of carbonyl (C=O) groups excluding carboxylic acids is 1. The molecule has 1 saturated heterocycles. The van der Waals surface area contributed by atoms with E-state index in [-0.39, 0.29) is 12.1 Å². The van der Waals surface area contributed by atoms with Crippen molar-refractivity contribution in [3.63, 3.8) is 0 Å². The lowest BCUT2D eigenvalue weighted by Crippen LogP contribution is -2.50. The summed E-state index contributed by atoms with van der Waals surface area (Å²) in [6, 6.07) is -0.142. The molecule has 0 radical (unpaired) electrons. The van der Waals surface area contributed by atoms with Crippen molar-refractivity contribution >= 4 is 6.03 Å². The Balaban J connectivity index is 2.70. The van der Waals surface area contributed by atoms with Crippen LogP contribution in [0.15, 0.2) is 0 Å². The first-order chi connectivity index (χ1) is 5.96. The predicted octanol–water partition coefficient (Wildman–Crippen LogP) is 0.561. The SMILES string of the molecule is CNC(=O)N1CCCC1C(C)(C)O. The summed E-state index contributed by atoms with van der Waals surface area (Å²) < 4.78 is 0. The van der Waals surface area contributed by atoms with Crippen molar-refractivity contribution in [2.24, 2.45) is 0 Å². The second-order valence-corrected chi connectivity index (χ2v) is 4.06. The van der Waals surface area contributed by atoms with Gasteiger partial charge in [0, 0.05) is 13.6 Å². The maximum absolute atomic E-state index is 11.4. The van der Waals surface area contributed by atoms with E-state index in [1.165, 1.54) is 0 Å². The molecule has 13 heavy (non-hydrogen) atoms. The molecule has 0 aromatic carbocycles. The molecule has 4 nitrogen and oxygen atoms in total. The van der Waals surface area contributed by atoms with Gasteiger partial charge in [0.1, 0.15) is 0 Å². The second-order valence-electron chi connectivity index (χ2n) is 4.06. The molecule has 0 bridgehead atoms. The van der Waals surface area contributed by atoms with Gasteiger partial charge >= 0.3 is 6.03 Å². The van der Waals surface area contributed by atoms with Gasteiger partial charge in [0.15, 0.2) is 0 Å². The number of urea groups is 1. The molecule has 0 spiro atoms. The molecular weight excluding hydrogens is 168 g/mol. The number of hydrogen-bond acceptors (Lipinski definition) is 2. The van der Waals surface area contributed by atoms with Gasteiger partial charge in [0.2, 0.25) is 0 Å². The van der Waals surface area contributed by atoms with Gasteiger partial charge in [-0.3, -0.25) is 0 Å². The number of carbonyl (C=O) groups is 1. The highest BCUT2D eigenvalue weighted by atomic mass is 16.3. The smallest absolute Gasteiger partial charge is 0.317 e. The van der Waals surface area contributed by atoms with Crippen molar-refractivity contribution in [2.45, 2.75) is 38.3 Å². The first kappa shape index (κ1) is 10.3. The minimum atomic E-state index is -0.803. The Morgan fingerprint density at radius 3 is 2.69 bits per heavy atom. The van der Waals surface area contributed by atoms with Crippen molar-refractivity contribution in [2.75, 3.05) is 13.6 Å². The highest BCUT2D eigenvalue weighted by molar-refractivity contribution is 5.74. The van der Waals surface area contributed by atoms with Crippen LogP contribution >= 0.6 is 0 Å². The molecule has 1 fully saturated rings. The van der Waals surface area contributed by atoms with Gasteiger partial charge in [-0.2, -0.15) is 0 Å². The Bertz CT molecular complexity index is 198. The van der Waals surface area contributed by atoms with Crippen molar-refractivity contribution in [3.8, 4) is 0 Å². The van der Waals surface area contributed by atoms with Gasteiger partial charge < -0.3 is 15.3 Å². The lowest BCUT2D eigenvalue weighted by atomic mass is 9.97. The molecule has 0 aliphatic carbocycles. The number of nitrogens with one attached hydrogen (secondary N) is 1. The molecule has 0 aromatic heterocycles. The summed E-state index contributed by atoms with van der Waals surface area (Å²) in [6.07, 6.45) is 1.86. The van der Waals surface area contributed by atoms with Crippen LogP contribution in [0.25, 0.3) is 0 Å². The maximum Gasteiger partial charge on any atom is 0.317 e. The average Bonchev–Trinajstić information content (AvgIpc) is 2.49. The number of aliphatic hydroxyl groups is 1. The lowest BCUT2D eigenvalue weighted by molar-refractivity contribution is 0.0101. The Kier molecular flexibility index (Phi) is 2.81. The molecule has 1 unspecified atom stereocenters. The molecule has 0 saturated carbocycles. The minimum Gasteiger partial charge on any atom is -0.388 e. The lowest BCUT2D eigenvalue weighted by Gasteiger charge is -2.33. The molecule has 2 N–H and O–H groups in total. The zero-order chi connectivity index (χ0) is 10.1. The molecule has 2 amide bonds. The summed E-state index contributed by atoms with van der Waals surface area (Å²) in [7, 11) is 1.61. The fourth-order valence-corrected chi connectivity index (χ4v) is 1.89. The molecule has 0 aromatic rings. The number of nitrogens with zero attached hydrogens (tertiary/aromatic N) is 1. The van der Waals surface area contributed by atoms with E-state index in [1.54, 1.807) is 25.8 Å². The first-order valence-corrected chi connectivity index (χ1v) is 4.67. The van der Waals surface area contributed by atoms with E-state index in [4.69, 9.17) is 0 Å². The van der Waals surface area contributed by atoms with Gasteiger partial charge in [-0.1, -0.05) is 0 Å². The van der Waals surface area contributed by atoms with Crippen molar-refractivity contribution < 1.29 is 9.90 Å². The van der Waals surface area contributed by atoms with Gasteiger partial charge in [-0.25, -0.2) is 4.79 Å². The van der Waals surface area contributed by atoms with Gasteiger partial charge in [0.05, 0.1) is 11.6 Å². The predicted molar refractivity (Wildman–Crippen MR) is 50.5 cm³/mol. The highest BCUT2D eigenvalue weighted by Crippen LogP contribution is 2.26. The summed E-state index contributed by atoms with van der Waals surface area (Å²) in [4.78, 5) is 13.1. The van der Waals surface area contributed by atoms with Crippen LogP contribution in [0.4, 0.5) is 4.79 Å². The van der Waals surface area contributed by atoms with Crippen LogP contribution in [0.5, 0.6) is 0 Å². The van der Waals surface area contributed by atoms with Crippen molar-refractivity contribution in [1.29, 1.82) is 0 Å². The summed E-state index contributed by atoms with van der Waals surface area (Å²) in [5, 5.41) is 12.4. The summed E-state index contributed by atoms with van der Waals surface area (Å²) >= 11 is 0. The van der Waals surface area contributed by atoms with Gasteiger partial charge in [-0.15, -0.1) is 0 Å². The molecule has 1 atom stereocenters. The third-order valence-corrected chi connectivity index (χ3v) is 2.54. The summed E-state index contributed by atoms with van der Waals surface area (Å²) in [6.45, 7) is 4.24. The van der Waals surface area contributed by atoms with E-state index < -0.39 is 5.60 Å². The van der Waals surface area contributed by atoms with E-state index in [0.29, 0.717) is 0 Å². The number of rotatable bonds is 1. The van der Waals surface area contributed by atoms with Crippen molar-refractivity contribution in [3.05, 3.63) is 0 Å². The van der Waals surface area contributed by atoms with Crippen LogP contribution in [-0.2, 0) is 0 Å². The monoisotopic (exact) mass is 186 g/mol. The highest BCUT2D eigenvalue weighted by Gasteiger charge is 2.37. The zero-order valence-electron chi connectivity index (χ0n) is 8.50. The number of amides is 2. The minimum absolute atomic E-state index is 0.0487. The molecule has 76 valence electrons. The third kappa shape index (κ3) is 2.12. The van der Waals surface area contributed by atoms with Gasteiger partial charge in [-0.05, 0) is 26.7 Å². The standard InChI is InChI=1S/C9H18N2O2/c1-9(2,13)7-5-4-6-11(7)8(12)10-3/h7,13H,4-6H2,1-3H3,(H,10,12). The Labute approximate surface area is 78.9 Å². The maximum atomic E-state index is 11.4. The molecule has 1 aliphatic heterocycles. The second kappa shape index (κ2) is 3.54. The van der Waals surface area contributed by atoms with Crippen LogP contribution < -0.4 is 5.32 Å². The quantitative estimate of drug-likeness (QED) is 0.628. The molecule has 1 rings (SSSR count). The molecule has 1 aliphatic rings. The number of hydrogen-bond donors (Lipinski definition) is 2. The normalized spacial score (nSPS) is 23.4. The van der Waals surface area contributed by atoms with Crippen LogP contribution in [0.3, 0.4) is 0 Å². The van der Waals surface area contributed by atoms with Crippen LogP contribution in [-0.4, -0.2) is 41.3 Å². The van der Waals surface area contributed by atoms with Crippen LogP contribution in [0, 0.1) is 0 Å². The van der Waals surface area contributed by atoms with E-state index in [2.05, 4.69) is 5.32 Å². The fraction of sp³-hybridized carbons (Fsp3) is 0.889. The first-order valence-electron chi connectivity index (χ1n) is 4.67. The average molecular weight is 186 g/mol. The van der Waals surface area contributed by atoms with Crippen LogP contribution in [0.1, 0.15) is 26.7 Å². The Morgan fingerprint density at radius 2 is 2.23 bits per heavy atom. The number of likely N-dealkylation sites (tertiary alicyclic amines) is 1. The van der Waals surface area contributed by atoms with E-state index in [9.17, 15) is 9.90 Å². The van der Waals surface area contributed by atoms with E-state index >= 15 is 0 Å². The topological polar surface area (TPSA) is 52.6 Å². The molecule has 1 heterocycles. The summed E-state index contributed by atoms with van der Waals surface area (Å²) in [5.74, 6) is 0. The summed E-state index contributed by atoms with van der Waals surface area (Å²) in [5.41, 5.74) is -0.803. The fourth-order valence-electron chi connectivity index (χ4n) is 1.89. The van der Waals surface area contributed by atoms with Crippen LogP contribution in [0.2, 0.25) is 0 Å². The third-order valence-electron chi connectivity index (χ3n) is 2.54. The molecule has 4 heteroatoms. The molecular formula is C9H18N2O2. The largest absolute Gasteiger partial charge is 0.388 e. The Morgan fingerprint density at radius 1 is 1.62 bits per heavy atom. The van der Waals surface area contributed by atoms with Crippen molar-refractivity contribution in [1.82, 2.24) is 10.2 Å².